The normalized spacial score (nSPS) is 34.4. The molecule has 2 aliphatic rings. The maximum absolute atomic E-state index is 6.15. The van der Waals surface area contributed by atoms with E-state index in [4.69, 9.17) is 4.74 Å². The molecule has 3 heteroatoms. The zero-order valence-corrected chi connectivity index (χ0v) is 12.4. The highest BCUT2D eigenvalue weighted by Crippen LogP contribution is 2.39. The summed E-state index contributed by atoms with van der Waals surface area (Å²) in [4.78, 5) is 0. The maximum Gasteiger partial charge on any atom is 0.0932 e. The average Bonchev–Trinajstić information content (AvgIpc) is 2.77. The van der Waals surface area contributed by atoms with E-state index in [1.165, 1.54) is 37.2 Å². The molecule has 17 heavy (non-hydrogen) atoms. The number of nitrogens with one attached hydrogen (secondary N) is 1. The van der Waals surface area contributed by atoms with E-state index < -0.39 is 0 Å². The van der Waals surface area contributed by atoms with Crippen molar-refractivity contribution in [2.24, 2.45) is 5.41 Å². The first-order chi connectivity index (χ1) is 8.08. The average molecular weight is 257 g/mol. The summed E-state index contributed by atoms with van der Waals surface area (Å²) in [6, 6.07) is 0.581. The summed E-state index contributed by atoms with van der Waals surface area (Å²) in [5, 5.41) is 3.71. The Balaban J connectivity index is 1.93. The van der Waals surface area contributed by atoms with E-state index in [-0.39, 0.29) is 5.60 Å². The monoisotopic (exact) mass is 257 g/mol. The van der Waals surface area contributed by atoms with E-state index >= 15 is 0 Å². The SMILES string of the molecule is CCC(C)(C)CCC1NCCOC12CCSC2. The van der Waals surface area contributed by atoms with Crippen LogP contribution >= 0.6 is 11.8 Å². The Morgan fingerprint density at radius 3 is 2.94 bits per heavy atom. The molecule has 0 amide bonds. The largest absolute Gasteiger partial charge is 0.371 e. The van der Waals surface area contributed by atoms with E-state index in [1.54, 1.807) is 0 Å². The number of ether oxygens (including phenoxy) is 1. The molecule has 0 aliphatic carbocycles. The van der Waals surface area contributed by atoms with Crippen LogP contribution in [0.5, 0.6) is 0 Å². The number of rotatable bonds is 4. The van der Waals surface area contributed by atoms with Gasteiger partial charge in [-0.25, -0.2) is 0 Å². The Kier molecular flexibility index (Phi) is 4.43. The predicted octanol–water partition coefficient (Wildman–Crippen LogP) is 3.07. The fourth-order valence-electron chi connectivity index (χ4n) is 2.80. The standard InChI is InChI=1S/C14H27NOS/c1-4-13(2,3)6-5-12-14(7-10-17-11-14)16-9-8-15-12/h12,15H,4-11H2,1-3H3. The Morgan fingerprint density at radius 2 is 2.29 bits per heavy atom. The lowest BCUT2D eigenvalue weighted by Gasteiger charge is -2.42. The van der Waals surface area contributed by atoms with Gasteiger partial charge in [-0.15, -0.1) is 0 Å². The van der Waals surface area contributed by atoms with Crippen LogP contribution in [0.15, 0.2) is 0 Å². The maximum atomic E-state index is 6.15. The van der Waals surface area contributed by atoms with Crippen LogP contribution in [-0.4, -0.2) is 36.3 Å². The third kappa shape index (κ3) is 3.18. The number of thioether (sulfide) groups is 1. The molecule has 1 spiro atoms. The van der Waals surface area contributed by atoms with Crippen LogP contribution in [-0.2, 0) is 4.74 Å². The third-order valence-corrected chi connectivity index (χ3v) is 5.79. The second kappa shape index (κ2) is 5.50. The number of hydrogen-bond acceptors (Lipinski definition) is 3. The summed E-state index contributed by atoms with van der Waals surface area (Å²) in [6.45, 7) is 8.99. The second-order valence-corrected chi connectivity index (χ2v) is 7.38. The van der Waals surface area contributed by atoms with Gasteiger partial charge in [0.15, 0.2) is 0 Å². The minimum absolute atomic E-state index is 0.159. The summed E-state index contributed by atoms with van der Waals surface area (Å²) in [6.07, 6.45) is 5.07. The van der Waals surface area contributed by atoms with Crippen LogP contribution in [0.25, 0.3) is 0 Å². The molecular formula is C14H27NOS. The van der Waals surface area contributed by atoms with Crippen molar-refractivity contribution in [2.75, 3.05) is 24.7 Å². The summed E-state index contributed by atoms with van der Waals surface area (Å²) >= 11 is 2.06. The van der Waals surface area contributed by atoms with E-state index in [2.05, 4.69) is 37.8 Å². The highest BCUT2D eigenvalue weighted by molar-refractivity contribution is 7.99. The molecule has 0 saturated carbocycles. The molecule has 0 aromatic heterocycles. The van der Waals surface area contributed by atoms with Crippen molar-refractivity contribution >= 4 is 11.8 Å². The van der Waals surface area contributed by atoms with Gasteiger partial charge >= 0.3 is 0 Å². The van der Waals surface area contributed by atoms with Crippen molar-refractivity contribution in [2.45, 2.75) is 58.1 Å². The molecule has 2 unspecified atom stereocenters. The van der Waals surface area contributed by atoms with Gasteiger partial charge in [0.25, 0.3) is 0 Å². The van der Waals surface area contributed by atoms with Crippen LogP contribution in [0.1, 0.15) is 46.5 Å². The quantitative estimate of drug-likeness (QED) is 0.836. The van der Waals surface area contributed by atoms with Gasteiger partial charge in [-0.2, -0.15) is 11.8 Å². The zero-order valence-electron chi connectivity index (χ0n) is 11.6. The molecule has 2 atom stereocenters. The van der Waals surface area contributed by atoms with Gasteiger partial charge in [0.05, 0.1) is 12.2 Å². The number of hydrogen-bond donors (Lipinski definition) is 1. The van der Waals surface area contributed by atoms with Crippen molar-refractivity contribution in [3.8, 4) is 0 Å². The van der Waals surface area contributed by atoms with E-state index in [9.17, 15) is 0 Å². The molecule has 0 radical (unpaired) electrons. The summed E-state index contributed by atoms with van der Waals surface area (Å²) in [5.41, 5.74) is 0.638. The molecule has 2 heterocycles. The van der Waals surface area contributed by atoms with Crippen molar-refractivity contribution in [3.05, 3.63) is 0 Å². The Morgan fingerprint density at radius 1 is 1.47 bits per heavy atom. The van der Waals surface area contributed by atoms with Gasteiger partial charge in [0, 0.05) is 18.3 Å². The van der Waals surface area contributed by atoms with Crippen LogP contribution < -0.4 is 5.32 Å². The minimum Gasteiger partial charge on any atom is -0.371 e. The molecule has 2 aliphatic heterocycles. The molecular weight excluding hydrogens is 230 g/mol. The van der Waals surface area contributed by atoms with Crippen LogP contribution in [0.2, 0.25) is 0 Å². The van der Waals surface area contributed by atoms with Gasteiger partial charge in [0.1, 0.15) is 0 Å². The molecule has 0 bridgehead atoms. The fourth-order valence-corrected chi connectivity index (χ4v) is 4.21. The second-order valence-electron chi connectivity index (χ2n) is 6.28. The minimum atomic E-state index is 0.159. The molecule has 2 fully saturated rings. The van der Waals surface area contributed by atoms with Gasteiger partial charge in [-0.05, 0) is 30.4 Å². The molecule has 100 valence electrons. The molecule has 2 rings (SSSR count). The van der Waals surface area contributed by atoms with Gasteiger partial charge < -0.3 is 10.1 Å². The highest BCUT2D eigenvalue weighted by atomic mass is 32.2. The summed E-state index contributed by atoms with van der Waals surface area (Å²) in [5.74, 6) is 2.46. The zero-order chi connectivity index (χ0) is 12.4. The van der Waals surface area contributed by atoms with Crippen LogP contribution in [0.3, 0.4) is 0 Å². The topological polar surface area (TPSA) is 21.3 Å². The van der Waals surface area contributed by atoms with E-state index in [1.807, 2.05) is 0 Å². The first-order valence-electron chi connectivity index (χ1n) is 7.03. The van der Waals surface area contributed by atoms with Gasteiger partial charge in [-0.1, -0.05) is 27.2 Å². The Hall–Kier alpha value is 0.270. The van der Waals surface area contributed by atoms with Crippen LogP contribution in [0.4, 0.5) is 0 Å². The molecule has 1 N–H and O–H groups in total. The third-order valence-electron chi connectivity index (χ3n) is 4.60. The first kappa shape index (κ1) is 13.7. The van der Waals surface area contributed by atoms with Crippen molar-refractivity contribution in [3.63, 3.8) is 0 Å². The molecule has 2 nitrogen and oxygen atoms in total. The highest BCUT2D eigenvalue weighted by Gasteiger charge is 2.44. The Labute approximate surface area is 110 Å². The molecule has 2 saturated heterocycles. The predicted molar refractivity (Wildman–Crippen MR) is 75.7 cm³/mol. The van der Waals surface area contributed by atoms with Crippen molar-refractivity contribution in [1.29, 1.82) is 0 Å². The lowest BCUT2D eigenvalue weighted by molar-refractivity contribution is -0.0820. The molecule has 0 aromatic carbocycles. The fraction of sp³-hybridized carbons (Fsp3) is 1.00. The Bertz CT molecular complexity index is 249. The lowest BCUT2D eigenvalue weighted by Crippen LogP contribution is -2.58. The van der Waals surface area contributed by atoms with Crippen molar-refractivity contribution in [1.82, 2.24) is 5.32 Å². The van der Waals surface area contributed by atoms with E-state index in [0.717, 1.165) is 13.2 Å². The van der Waals surface area contributed by atoms with Gasteiger partial charge in [0.2, 0.25) is 0 Å². The van der Waals surface area contributed by atoms with Gasteiger partial charge in [-0.3, -0.25) is 0 Å². The number of morpholine rings is 1. The van der Waals surface area contributed by atoms with E-state index in [0.29, 0.717) is 11.5 Å². The van der Waals surface area contributed by atoms with Crippen LogP contribution in [0, 0.1) is 5.41 Å². The summed E-state index contributed by atoms with van der Waals surface area (Å²) in [7, 11) is 0. The smallest absolute Gasteiger partial charge is 0.0932 e. The lowest BCUT2D eigenvalue weighted by atomic mass is 9.80. The molecule has 0 aromatic rings. The first-order valence-corrected chi connectivity index (χ1v) is 8.19. The summed E-state index contributed by atoms with van der Waals surface area (Å²) < 4.78 is 6.15. The van der Waals surface area contributed by atoms with Crippen molar-refractivity contribution < 1.29 is 4.74 Å².